The molecule has 0 aliphatic heterocycles. The molecule has 136 valence electrons. The summed E-state index contributed by atoms with van der Waals surface area (Å²) in [5.74, 6) is 0.758. The molecule has 0 aromatic carbocycles. The first-order chi connectivity index (χ1) is 13.2. The zero-order valence-corrected chi connectivity index (χ0v) is 15.7. The Labute approximate surface area is 162 Å². The summed E-state index contributed by atoms with van der Waals surface area (Å²) < 4.78 is 5.28. The van der Waals surface area contributed by atoms with Gasteiger partial charge in [0.25, 0.3) is 0 Å². The number of hydrogen-bond acceptors (Lipinski definition) is 4. The summed E-state index contributed by atoms with van der Waals surface area (Å²) in [7, 11) is 1.65. The minimum atomic E-state index is 0.520. The molecule has 0 fully saturated rings. The first-order valence-electron chi connectivity index (χ1n) is 8.75. The molecular formula is C21H19ClN4O. The smallest absolute Gasteiger partial charge is 0.137 e. The molecule has 4 heterocycles. The van der Waals surface area contributed by atoms with Gasteiger partial charge in [0.2, 0.25) is 0 Å². The number of methoxy groups -OCH3 is 1. The second-order valence-electron chi connectivity index (χ2n) is 6.41. The van der Waals surface area contributed by atoms with E-state index in [1.54, 1.807) is 13.3 Å². The first kappa shape index (κ1) is 17.5. The Morgan fingerprint density at radius 1 is 0.963 bits per heavy atom. The Balaban J connectivity index is 1.44. The van der Waals surface area contributed by atoms with Gasteiger partial charge in [-0.3, -0.25) is 4.98 Å². The minimum absolute atomic E-state index is 0.520. The average Bonchev–Trinajstić information content (AvgIpc) is 3.10. The summed E-state index contributed by atoms with van der Waals surface area (Å²) in [6, 6.07) is 10.1. The zero-order valence-electron chi connectivity index (χ0n) is 14.9. The molecule has 27 heavy (non-hydrogen) atoms. The number of nitrogens with one attached hydrogen (secondary N) is 1. The Morgan fingerprint density at radius 3 is 2.56 bits per heavy atom. The van der Waals surface area contributed by atoms with Gasteiger partial charge in [-0.15, -0.1) is 0 Å². The molecule has 4 aromatic rings. The van der Waals surface area contributed by atoms with Crippen molar-refractivity contribution in [3.63, 3.8) is 0 Å². The lowest BCUT2D eigenvalue weighted by Crippen LogP contribution is -1.96. The van der Waals surface area contributed by atoms with Gasteiger partial charge >= 0.3 is 0 Å². The number of aromatic nitrogens is 4. The van der Waals surface area contributed by atoms with Crippen LogP contribution < -0.4 is 4.74 Å². The van der Waals surface area contributed by atoms with Crippen LogP contribution in [-0.4, -0.2) is 27.0 Å². The molecule has 6 heteroatoms. The molecule has 0 aliphatic carbocycles. The van der Waals surface area contributed by atoms with E-state index < -0.39 is 0 Å². The molecule has 0 aliphatic rings. The van der Waals surface area contributed by atoms with E-state index in [0.29, 0.717) is 5.15 Å². The number of hydrogen-bond donors (Lipinski definition) is 1. The van der Waals surface area contributed by atoms with Crippen LogP contribution in [0.4, 0.5) is 0 Å². The van der Waals surface area contributed by atoms with E-state index in [-0.39, 0.29) is 0 Å². The third kappa shape index (κ3) is 4.09. The van der Waals surface area contributed by atoms with Crippen LogP contribution in [0.5, 0.6) is 5.75 Å². The lowest BCUT2D eigenvalue weighted by Gasteiger charge is -2.05. The maximum Gasteiger partial charge on any atom is 0.137 e. The van der Waals surface area contributed by atoms with Crippen LogP contribution >= 0.6 is 11.6 Å². The highest BCUT2D eigenvalue weighted by Crippen LogP contribution is 2.23. The van der Waals surface area contributed by atoms with Gasteiger partial charge in [-0.05, 0) is 47.7 Å². The third-order valence-electron chi connectivity index (χ3n) is 4.57. The van der Waals surface area contributed by atoms with E-state index >= 15 is 0 Å². The normalized spacial score (nSPS) is 11.0. The molecule has 4 rings (SSSR count). The van der Waals surface area contributed by atoms with Crippen molar-refractivity contribution in [1.82, 2.24) is 19.9 Å². The lowest BCUT2D eigenvalue weighted by molar-refractivity contribution is 0.413. The van der Waals surface area contributed by atoms with Crippen molar-refractivity contribution >= 4 is 22.6 Å². The fourth-order valence-corrected chi connectivity index (χ4v) is 3.16. The number of fused-ring (bicyclic) bond motifs is 1. The number of rotatable bonds is 6. The van der Waals surface area contributed by atoms with Gasteiger partial charge < -0.3 is 9.72 Å². The van der Waals surface area contributed by atoms with E-state index in [2.05, 4.69) is 32.1 Å². The minimum Gasteiger partial charge on any atom is -0.495 e. The molecule has 0 saturated carbocycles. The van der Waals surface area contributed by atoms with Crippen LogP contribution in [0.2, 0.25) is 5.15 Å². The first-order valence-corrected chi connectivity index (χ1v) is 9.13. The zero-order chi connectivity index (χ0) is 18.6. The maximum atomic E-state index is 5.82. The quantitative estimate of drug-likeness (QED) is 0.505. The summed E-state index contributed by atoms with van der Waals surface area (Å²) >= 11 is 5.82. The maximum absolute atomic E-state index is 5.82. The second kappa shape index (κ2) is 7.76. The molecule has 0 spiro atoms. The van der Waals surface area contributed by atoms with Gasteiger partial charge in [0.1, 0.15) is 16.5 Å². The van der Waals surface area contributed by atoms with Crippen LogP contribution in [0.25, 0.3) is 11.0 Å². The van der Waals surface area contributed by atoms with Crippen molar-refractivity contribution in [1.29, 1.82) is 0 Å². The number of aryl methyl sites for hydroxylation is 2. The third-order valence-corrected chi connectivity index (χ3v) is 4.79. The fraction of sp³-hybridized carbons (Fsp3) is 0.190. The van der Waals surface area contributed by atoms with Gasteiger partial charge in [0.15, 0.2) is 0 Å². The highest BCUT2D eigenvalue weighted by Gasteiger charge is 2.08. The molecule has 0 atom stereocenters. The van der Waals surface area contributed by atoms with Crippen molar-refractivity contribution in [3.8, 4) is 5.75 Å². The lowest BCUT2D eigenvalue weighted by atomic mass is 10.1. The molecule has 0 bridgehead atoms. The van der Waals surface area contributed by atoms with E-state index in [1.807, 2.05) is 36.8 Å². The molecular weight excluding hydrogens is 360 g/mol. The number of ether oxygens (including phenoxy) is 1. The summed E-state index contributed by atoms with van der Waals surface area (Å²) in [5.41, 5.74) is 5.43. The molecule has 0 unspecified atom stereocenters. The Kier molecular flexibility index (Phi) is 5.03. The SMILES string of the molecule is COc1cnc2[nH]cc(Cc3ccc(CCc4ccc(Cl)nc4)nc3)c2c1. The number of nitrogens with zero attached hydrogens (tertiary/aromatic N) is 3. The Bertz CT molecular complexity index is 1040. The largest absolute Gasteiger partial charge is 0.495 e. The topological polar surface area (TPSA) is 63.7 Å². The standard InChI is InChI=1S/C21H19ClN4O/c1-27-18-9-19-16(12-25-21(19)26-13-18)8-15-3-6-17(23-11-15)5-2-14-4-7-20(22)24-10-14/h3-4,6-7,9-13H,2,5,8H2,1H3,(H,25,26). The molecule has 5 nitrogen and oxygen atoms in total. The highest BCUT2D eigenvalue weighted by molar-refractivity contribution is 6.29. The van der Waals surface area contributed by atoms with Gasteiger partial charge in [0, 0.05) is 36.1 Å². The number of halogens is 1. The van der Waals surface area contributed by atoms with Crippen molar-refractivity contribution in [2.45, 2.75) is 19.3 Å². The van der Waals surface area contributed by atoms with E-state index in [9.17, 15) is 0 Å². The van der Waals surface area contributed by atoms with E-state index in [0.717, 1.165) is 52.9 Å². The van der Waals surface area contributed by atoms with Crippen molar-refractivity contribution < 1.29 is 4.74 Å². The van der Waals surface area contributed by atoms with E-state index in [4.69, 9.17) is 16.3 Å². The predicted octanol–water partition coefficient (Wildman–Crippen LogP) is 4.39. The molecule has 0 saturated heterocycles. The summed E-state index contributed by atoms with van der Waals surface area (Å²) in [6.45, 7) is 0. The van der Waals surface area contributed by atoms with Crippen LogP contribution in [0.1, 0.15) is 22.4 Å². The van der Waals surface area contributed by atoms with Crippen LogP contribution in [0.3, 0.4) is 0 Å². The van der Waals surface area contributed by atoms with Crippen molar-refractivity contribution in [2.24, 2.45) is 0 Å². The molecule has 0 amide bonds. The molecule has 0 radical (unpaired) electrons. The molecule has 1 N–H and O–H groups in total. The van der Waals surface area contributed by atoms with Crippen molar-refractivity contribution in [2.75, 3.05) is 7.11 Å². The average molecular weight is 379 g/mol. The number of aromatic amines is 1. The molecule has 4 aromatic heterocycles. The summed E-state index contributed by atoms with van der Waals surface area (Å²) in [5, 5.41) is 1.60. The van der Waals surface area contributed by atoms with Gasteiger partial charge in [-0.1, -0.05) is 23.7 Å². The van der Waals surface area contributed by atoms with Gasteiger partial charge in [0.05, 0.1) is 13.3 Å². The summed E-state index contributed by atoms with van der Waals surface area (Å²) in [6.07, 6.45) is 10.0. The number of pyridine rings is 3. The van der Waals surface area contributed by atoms with Gasteiger partial charge in [-0.2, -0.15) is 0 Å². The summed E-state index contributed by atoms with van der Waals surface area (Å²) in [4.78, 5) is 16.3. The van der Waals surface area contributed by atoms with Crippen LogP contribution in [-0.2, 0) is 19.3 Å². The Hall–Kier alpha value is -2.92. The van der Waals surface area contributed by atoms with Crippen LogP contribution in [0, 0.1) is 0 Å². The fourth-order valence-electron chi connectivity index (χ4n) is 3.05. The second-order valence-corrected chi connectivity index (χ2v) is 6.80. The monoisotopic (exact) mass is 378 g/mol. The number of H-pyrrole nitrogens is 1. The van der Waals surface area contributed by atoms with Crippen molar-refractivity contribution in [3.05, 3.63) is 82.7 Å². The Morgan fingerprint density at radius 2 is 1.81 bits per heavy atom. The van der Waals surface area contributed by atoms with E-state index in [1.165, 1.54) is 5.56 Å². The highest BCUT2D eigenvalue weighted by atomic mass is 35.5. The van der Waals surface area contributed by atoms with Gasteiger partial charge in [-0.25, -0.2) is 9.97 Å². The predicted molar refractivity (Wildman–Crippen MR) is 106 cm³/mol. The van der Waals surface area contributed by atoms with Crippen LogP contribution in [0.15, 0.2) is 55.1 Å².